The summed E-state index contributed by atoms with van der Waals surface area (Å²) in [7, 11) is 1.68. The Morgan fingerprint density at radius 3 is 2.70 bits per heavy atom. The topological polar surface area (TPSA) is 86.3 Å². The summed E-state index contributed by atoms with van der Waals surface area (Å²) < 4.78 is 5.75. The van der Waals surface area contributed by atoms with Crippen molar-refractivity contribution in [3.63, 3.8) is 0 Å². The average molecular weight is 373 g/mol. The van der Waals surface area contributed by atoms with Crippen molar-refractivity contribution in [1.29, 1.82) is 0 Å². The maximum absolute atomic E-state index is 12.4. The molecule has 2 heterocycles. The largest absolute Gasteiger partial charge is 0.494 e. The molecule has 2 aliphatic heterocycles. The van der Waals surface area contributed by atoms with Gasteiger partial charge in [-0.1, -0.05) is 31.5 Å². The Bertz CT molecular complexity index is 694. The highest BCUT2D eigenvalue weighted by atomic mass is 16.5. The number of para-hydroxylation sites is 1. The first kappa shape index (κ1) is 19.0. The van der Waals surface area contributed by atoms with Gasteiger partial charge in [0.2, 0.25) is 0 Å². The van der Waals surface area contributed by atoms with E-state index in [2.05, 4.69) is 22.5 Å². The van der Waals surface area contributed by atoms with Crippen molar-refractivity contribution in [3.8, 4) is 5.75 Å². The predicted octanol–water partition coefficient (Wildman–Crippen LogP) is 1.39. The molecule has 8 heteroatoms. The van der Waals surface area contributed by atoms with Crippen LogP contribution < -0.4 is 15.4 Å². The van der Waals surface area contributed by atoms with Crippen LogP contribution >= 0.6 is 0 Å². The number of rotatable bonds is 8. The number of unbranched alkanes of at least 4 members (excludes halogenated alkanes) is 1. The van der Waals surface area contributed by atoms with Crippen molar-refractivity contribution < 1.29 is 14.3 Å². The van der Waals surface area contributed by atoms with Crippen LogP contribution in [0.15, 0.2) is 35.3 Å². The number of urea groups is 1. The molecule has 0 radical (unpaired) electrons. The van der Waals surface area contributed by atoms with Gasteiger partial charge in [0.25, 0.3) is 5.91 Å². The average Bonchev–Trinajstić information content (AvgIpc) is 3.04. The van der Waals surface area contributed by atoms with Crippen molar-refractivity contribution in [2.24, 2.45) is 4.99 Å². The second kappa shape index (κ2) is 8.75. The number of carbonyl (C=O) groups excluding carboxylic acids is 2. The van der Waals surface area contributed by atoms with Crippen molar-refractivity contribution in [3.05, 3.63) is 30.3 Å². The van der Waals surface area contributed by atoms with E-state index in [0.29, 0.717) is 25.7 Å². The third-order valence-electron chi connectivity index (χ3n) is 4.75. The van der Waals surface area contributed by atoms with Crippen LogP contribution in [-0.2, 0) is 4.79 Å². The Labute approximate surface area is 159 Å². The zero-order valence-electron chi connectivity index (χ0n) is 15.9. The second-order valence-corrected chi connectivity index (χ2v) is 6.71. The lowest BCUT2D eigenvalue weighted by molar-refractivity contribution is -0.127. The van der Waals surface area contributed by atoms with Gasteiger partial charge >= 0.3 is 6.03 Å². The van der Waals surface area contributed by atoms with Crippen LogP contribution in [-0.4, -0.2) is 66.6 Å². The Morgan fingerprint density at radius 1 is 1.19 bits per heavy atom. The summed E-state index contributed by atoms with van der Waals surface area (Å²) in [6.45, 7) is 3.95. The number of nitrogens with one attached hydrogen (secondary N) is 2. The highest BCUT2D eigenvalue weighted by Gasteiger charge is 2.49. The van der Waals surface area contributed by atoms with E-state index >= 15 is 0 Å². The minimum atomic E-state index is -0.482. The van der Waals surface area contributed by atoms with E-state index < -0.39 is 18.2 Å². The lowest BCUT2D eigenvalue weighted by Gasteiger charge is -2.35. The normalized spacial score (nSPS) is 23.3. The molecule has 2 aliphatic rings. The fraction of sp³-hybridized carbons (Fsp3) is 0.526. The SMILES string of the molecule is CCCCN=C1NC2C(C(=O)NC(=O)N2C)N1CCCOc1ccccc1. The Hall–Kier alpha value is -2.77. The first-order chi connectivity index (χ1) is 13.1. The molecule has 0 aromatic heterocycles. The van der Waals surface area contributed by atoms with Crippen molar-refractivity contribution in [2.75, 3.05) is 26.7 Å². The van der Waals surface area contributed by atoms with Crippen molar-refractivity contribution in [2.45, 2.75) is 38.4 Å². The molecule has 2 saturated heterocycles. The van der Waals surface area contributed by atoms with Crippen LogP contribution in [0.1, 0.15) is 26.2 Å². The number of amides is 3. The fourth-order valence-electron chi connectivity index (χ4n) is 3.25. The van der Waals surface area contributed by atoms with Gasteiger partial charge in [-0.25, -0.2) is 4.79 Å². The first-order valence-corrected chi connectivity index (χ1v) is 9.45. The maximum atomic E-state index is 12.4. The number of benzene rings is 1. The van der Waals surface area contributed by atoms with Gasteiger partial charge in [0.05, 0.1) is 6.61 Å². The van der Waals surface area contributed by atoms with Gasteiger partial charge in [-0.05, 0) is 25.0 Å². The molecule has 0 bridgehead atoms. The van der Waals surface area contributed by atoms with Gasteiger partial charge < -0.3 is 19.9 Å². The van der Waals surface area contributed by atoms with Gasteiger partial charge in [0.1, 0.15) is 11.9 Å². The minimum absolute atomic E-state index is 0.291. The number of fused-ring (bicyclic) bond motifs is 1. The molecule has 3 rings (SSSR count). The summed E-state index contributed by atoms with van der Waals surface area (Å²) in [6, 6.07) is 8.77. The number of guanidine groups is 1. The standard InChI is InChI=1S/C19H27N5O3/c1-3-4-11-20-18-21-16-15(17(25)22-19(26)23(16)2)24(18)12-8-13-27-14-9-6-5-7-10-14/h5-7,9-10,15-16H,3-4,8,11-13H2,1-2H3,(H,20,21)(H,22,25,26). The van der Waals surface area contributed by atoms with Gasteiger partial charge in [-0.15, -0.1) is 0 Å². The van der Waals surface area contributed by atoms with Gasteiger partial charge in [-0.3, -0.25) is 15.1 Å². The summed E-state index contributed by atoms with van der Waals surface area (Å²) in [6.07, 6.45) is 2.36. The van der Waals surface area contributed by atoms with Crippen LogP contribution in [0, 0.1) is 0 Å². The molecule has 27 heavy (non-hydrogen) atoms. The summed E-state index contributed by atoms with van der Waals surface area (Å²) in [5, 5.41) is 5.67. The molecule has 2 N–H and O–H groups in total. The number of nitrogens with zero attached hydrogens (tertiary/aromatic N) is 3. The number of hydrogen-bond donors (Lipinski definition) is 2. The Kier molecular flexibility index (Phi) is 6.16. The highest BCUT2D eigenvalue weighted by Crippen LogP contribution is 2.21. The Morgan fingerprint density at radius 2 is 1.96 bits per heavy atom. The van der Waals surface area contributed by atoms with Gasteiger partial charge in [0.15, 0.2) is 12.0 Å². The number of ether oxygens (including phenoxy) is 1. The zero-order chi connectivity index (χ0) is 19.2. The van der Waals surface area contributed by atoms with E-state index in [4.69, 9.17) is 4.74 Å². The van der Waals surface area contributed by atoms with Crippen LogP contribution in [0.5, 0.6) is 5.75 Å². The minimum Gasteiger partial charge on any atom is -0.494 e. The molecule has 1 aromatic rings. The van der Waals surface area contributed by atoms with Crippen LogP contribution in [0.4, 0.5) is 4.79 Å². The van der Waals surface area contributed by atoms with Crippen molar-refractivity contribution >= 4 is 17.9 Å². The lowest BCUT2D eigenvalue weighted by Crippen LogP contribution is -2.64. The summed E-state index contributed by atoms with van der Waals surface area (Å²) >= 11 is 0. The molecule has 1 aromatic carbocycles. The number of imide groups is 1. The first-order valence-electron chi connectivity index (χ1n) is 9.45. The molecule has 146 valence electrons. The van der Waals surface area contributed by atoms with Crippen LogP contribution in [0.3, 0.4) is 0 Å². The number of hydrogen-bond acceptors (Lipinski definition) is 4. The molecule has 0 saturated carbocycles. The molecule has 3 amide bonds. The second-order valence-electron chi connectivity index (χ2n) is 6.71. The third kappa shape index (κ3) is 4.32. The zero-order valence-corrected chi connectivity index (χ0v) is 15.9. The fourth-order valence-corrected chi connectivity index (χ4v) is 3.25. The number of likely N-dealkylation sites (N-methyl/N-ethyl adjacent to an activating group) is 1. The number of carbonyl (C=O) groups is 2. The quantitative estimate of drug-likeness (QED) is 0.673. The van der Waals surface area contributed by atoms with Crippen LogP contribution in [0.25, 0.3) is 0 Å². The number of aliphatic imine (C=N–C) groups is 1. The molecule has 2 fully saturated rings. The summed E-state index contributed by atoms with van der Waals surface area (Å²) in [4.78, 5) is 32.4. The van der Waals surface area contributed by atoms with Gasteiger partial charge in [0, 0.05) is 20.1 Å². The van der Waals surface area contributed by atoms with E-state index in [-0.39, 0.29) is 5.91 Å². The molecule has 2 atom stereocenters. The van der Waals surface area contributed by atoms with E-state index in [1.54, 1.807) is 7.05 Å². The predicted molar refractivity (Wildman–Crippen MR) is 102 cm³/mol. The van der Waals surface area contributed by atoms with E-state index in [1.807, 2.05) is 35.2 Å². The van der Waals surface area contributed by atoms with Gasteiger partial charge in [-0.2, -0.15) is 0 Å². The van der Waals surface area contributed by atoms with Crippen LogP contribution in [0.2, 0.25) is 0 Å². The third-order valence-corrected chi connectivity index (χ3v) is 4.75. The summed E-state index contributed by atoms with van der Waals surface area (Å²) in [5.74, 6) is 1.21. The monoisotopic (exact) mass is 373 g/mol. The lowest BCUT2D eigenvalue weighted by atomic mass is 10.1. The van der Waals surface area contributed by atoms with E-state index in [9.17, 15) is 9.59 Å². The maximum Gasteiger partial charge on any atom is 0.325 e. The molecule has 0 spiro atoms. The molecular weight excluding hydrogens is 346 g/mol. The Balaban J connectivity index is 1.65. The molecular formula is C19H27N5O3. The molecule has 8 nitrogen and oxygen atoms in total. The summed E-state index contributed by atoms with van der Waals surface area (Å²) in [5.41, 5.74) is 0. The van der Waals surface area contributed by atoms with Crippen molar-refractivity contribution in [1.82, 2.24) is 20.4 Å². The van der Waals surface area contributed by atoms with E-state index in [1.165, 1.54) is 4.90 Å². The molecule has 2 unspecified atom stereocenters. The molecule has 0 aliphatic carbocycles. The highest BCUT2D eigenvalue weighted by molar-refractivity contribution is 6.04. The smallest absolute Gasteiger partial charge is 0.325 e. The van der Waals surface area contributed by atoms with E-state index in [0.717, 1.165) is 25.0 Å².